The molecule has 1 aromatic rings. The van der Waals surface area contributed by atoms with Gasteiger partial charge in [0.25, 0.3) is 0 Å². The fourth-order valence-electron chi connectivity index (χ4n) is 2.15. The topological polar surface area (TPSA) is 26.0 Å². The number of thiophene rings is 1. The van der Waals surface area contributed by atoms with Crippen molar-refractivity contribution in [1.29, 1.82) is 0 Å². The van der Waals surface area contributed by atoms with Crippen LogP contribution in [0.25, 0.3) is 0 Å². The highest BCUT2D eigenvalue weighted by Gasteiger charge is 2.61. The van der Waals surface area contributed by atoms with Gasteiger partial charge in [-0.1, -0.05) is 13.8 Å². The summed E-state index contributed by atoms with van der Waals surface area (Å²) in [6.07, 6.45) is 0.460. The Kier molecular flexibility index (Phi) is 2.02. The quantitative estimate of drug-likeness (QED) is 0.762. The van der Waals surface area contributed by atoms with E-state index in [1.807, 2.05) is 32.2 Å². The van der Waals surface area contributed by atoms with Crippen molar-refractivity contribution < 1.29 is 4.39 Å². The molecular weight excluding hydrogens is 197 g/mol. The van der Waals surface area contributed by atoms with Gasteiger partial charge in [-0.15, -0.1) is 11.3 Å². The van der Waals surface area contributed by atoms with Crippen LogP contribution in [0.2, 0.25) is 0 Å². The van der Waals surface area contributed by atoms with Gasteiger partial charge in [0.2, 0.25) is 0 Å². The second kappa shape index (κ2) is 2.80. The first-order chi connectivity index (χ1) is 6.39. The van der Waals surface area contributed by atoms with E-state index in [0.29, 0.717) is 6.42 Å². The Morgan fingerprint density at radius 1 is 1.57 bits per heavy atom. The SMILES string of the molecule is Cc1ccsc1C1(F)CC(N)C1(C)C. The van der Waals surface area contributed by atoms with Crippen LogP contribution in [0.5, 0.6) is 0 Å². The molecule has 14 heavy (non-hydrogen) atoms. The molecule has 1 saturated carbocycles. The first kappa shape index (κ1) is 10.1. The van der Waals surface area contributed by atoms with Gasteiger partial charge in [0.1, 0.15) is 0 Å². The molecule has 1 aliphatic carbocycles. The maximum absolute atomic E-state index is 14.7. The van der Waals surface area contributed by atoms with Crippen LogP contribution in [-0.4, -0.2) is 6.04 Å². The molecule has 78 valence electrons. The minimum Gasteiger partial charge on any atom is -0.327 e. The van der Waals surface area contributed by atoms with Crippen molar-refractivity contribution in [3.05, 3.63) is 21.9 Å². The highest BCUT2D eigenvalue weighted by atomic mass is 32.1. The number of aryl methyl sites for hydroxylation is 1. The highest BCUT2D eigenvalue weighted by Crippen LogP contribution is 2.59. The Bertz CT molecular complexity index is 358. The molecule has 2 atom stereocenters. The predicted molar refractivity (Wildman–Crippen MR) is 58.2 cm³/mol. The summed E-state index contributed by atoms with van der Waals surface area (Å²) in [7, 11) is 0. The minimum absolute atomic E-state index is 0.0194. The van der Waals surface area contributed by atoms with Gasteiger partial charge >= 0.3 is 0 Å². The average Bonchev–Trinajstić information content (AvgIpc) is 2.51. The monoisotopic (exact) mass is 213 g/mol. The molecule has 2 rings (SSSR count). The van der Waals surface area contributed by atoms with Gasteiger partial charge in [0.15, 0.2) is 5.67 Å². The Balaban J connectivity index is 2.41. The number of hydrogen-bond acceptors (Lipinski definition) is 2. The maximum atomic E-state index is 14.7. The molecule has 0 aliphatic heterocycles. The zero-order chi connectivity index (χ0) is 10.6. The Morgan fingerprint density at radius 3 is 2.57 bits per heavy atom. The molecule has 1 aromatic heterocycles. The smallest absolute Gasteiger partial charge is 0.153 e. The predicted octanol–water partition coefficient (Wildman–Crippen LogP) is 2.98. The van der Waals surface area contributed by atoms with Crippen LogP contribution in [0.3, 0.4) is 0 Å². The van der Waals surface area contributed by atoms with Crippen molar-refractivity contribution in [1.82, 2.24) is 0 Å². The van der Waals surface area contributed by atoms with Gasteiger partial charge in [-0.05, 0) is 23.9 Å². The lowest BCUT2D eigenvalue weighted by atomic mass is 9.56. The van der Waals surface area contributed by atoms with Gasteiger partial charge in [-0.25, -0.2) is 4.39 Å². The molecular formula is C11H16FNS. The minimum atomic E-state index is -1.20. The summed E-state index contributed by atoms with van der Waals surface area (Å²) in [4.78, 5) is 0.865. The van der Waals surface area contributed by atoms with E-state index in [4.69, 9.17) is 5.73 Å². The van der Waals surface area contributed by atoms with E-state index >= 15 is 0 Å². The van der Waals surface area contributed by atoms with Gasteiger partial charge in [-0.3, -0.25) is 0 Å². The van der Waals surface area contributed by atoms with E-state index in [9.17, 15) is 4.39 Å². The number of halogens is 1. The molecule has 0 radical (unpaired) electrons. The normalized spacial score (nSPS) is 35.4. The first-order valence-corrected chi connectivity index (χ1v) is 5.76. The van der Waals surface area contributed by atoms with Gasteiger partial charge < -0.3 is 5.73 Å². The molecule has 1 heterocycles. The molecule has 1 nitrogen and oxygen atoms in total. The van der Waals surface area contributed by atoms with Gasteiger partial charge in [-0.2, -0.15) is 0 Å². The highest BCUT2D eigenvalue weighted by molar-refractivity contribution is 7.10. The van der Waals surface area contributed by atoms with E-state index < -0.39 is 11.1 Å². The van der Waals surface area contributed by atoms with Crippen LogP contribution in [0.4, 0.5) is 4.39 Å². The van der Waals surface area contributed by atoms with Gasteiger partial charge in [0.05, 0.1) is 0 Å². The van der Waals surface area contributed by atoms with Crippen molar-refractivity contribution >= 4 is 11.3 Å². The summed E-state index contributed by atoms with van der Waals surface area (Å²) in [6.45, 7) is 5.80. The number of rotatable bonds is 1. The van der Waals surface area contributed by atoms with Crippen molar-refractivity contribution in [3.63, 3.8) is 0 Å². The molecule has 2 unspecified atom stereocenters. The Labute approximate surface area is 88.1 Å². The fourth-order valence-corrected chi connectivity index (χ4v) is 3.34. The van der Waals surface area contributed by atoms with E-state index in [0.717, 1.165) is 10.4 Å². The molecule has 1 fully saturated rings. The molecule has 0 aromatic carbocycles. The molecule has 0 spiro atoms. The summed E-state index contributed by atoms with van der Waals surface area (Å²) >= 11 is 1.51. The Hall–Kier alpha value is -0.410. The van der Waals surface area contributed by atoms with Crippen LogP contribution in [0.15, 0.2) is 11.4 Å². The second-order valence-corrected chi connectivity index (χ2v) is 5.68. The molecule has 0 saturated heterocycles. The van der Waals surface area contributed by atoms with E-state index in [1.165, 1.54) is 11.3 Å². The van der Waals surface area contributed by atoms with E-state index in [-0.39, 0.29) is 6.04 Å². The standard InChI is InChI=1S/C11H16FNS/c1-7-4-5-14-9(7)11(12)6-8(13)10(11,2)3/h4-5,8H,6,13H2,1-3H3. The molecule has 1 aliphatic rings. The Morgan fingerprint density at radius 2 is 2.21 bits per heavy atom. The lowest BCUT2D eigenvalue weighted by Crippen LogP contribution is -2.62. The van der Waals surface area contributed by atoms with Crippen molar-refractivity contribution in [2.24, 2.45) is 11.1 Å². The summed E-state index contributed by atoms with van der Waals surface area (Å²) in [6, 6.07) is 1.95. The summed E-state index contributed by atoms with van der Waals surface area (Å²) in [5.74, 6) is 0. The molecule has 0 bridgehead atoms. The summed E-state index contributed by atoms with van der Waals surface area (Å²) in [5, 5.41) is 1.95. The lowest BCUT2D eigenvalue weighted by Gasteiger charge is -2.55. The maximum Gasteiger partial charge on any atom is 0.153 e. The number of nitrogens with two attached hydrogens (primary N) is 1. The average molecular weight is 213 g/mol. The van der Waals surface area contributed by atoms with Crippen molar-refractivity contribution in [2.45, 2.75) is 38.9 Å². The number of alkyl halides is 1. The number of hydrogen-bond donors (Lipinski definition) is 1. The fraction of sp³-hybridized carbons (Fsp3) is 0.636. The molecule has 0 amide bonds. The zero-order valence-electron chi connectivity index (χ0n) is 8.80. The third-order valence-electron chi connectivity index (χ3n) is 3.67. The second-order valence-electron chi connectivity index (χ2n) is 4.77. The van der Waals surface area contributed by atoms with Crippen LogP contribution in [-0.2, 0) is 5.67 Å². The lowest BCUT2D eigenvalue weighted by molar-refractivity contribution is -0.106. The van der Waals surface area contributed by atoms with Crippen LogP contribution in [0.1, 0.15) is 30.7 Å². The summed E-state index contributed by atoms with van der Waals surface area (Å²) in [5.41, 5.74) is 5.27. The van der Waals surface area contributed by atoms with Crippen molar-refractivity contribution in [3.8, 4) is 0 Å². The van der Waals surface area contributed by atoms with E-state index in [1.54, 1.807) is 0 Å². The van der Waals surface area contributed by atoms with Crippen LogP contribution >= 0.6 is 11.3 Å². The van der Waals surface area contributed by atoms with E-state index in [2.05, 4.69) is 0 Å². The molecule has 3 heteroatoms. The largest absolute Gasteiger partial charge is 0.327 e. The molecule has 2 N–H and O–H groups in total. The third kappa shape index (κ3) is 1.03. The van der Waals surface area contributed by atoms with Gasteiger partial charge in [0, 0.05) is 22.8 Å². The summed E-state index contributed by atoms with van der Waals surface area (Å²) < 4.78 is 14.7. The van der Waals surface area contributed by atoms with Crippen LogP contribution in [0, 0.1) is 12.3 Å². The zero-order valence-corrected chi connectivity index (χ0v) is 9.62. The third-order valence-corrected chi connectivity index (χ3v) is 4.82. The van der Waals surface area contributed by atoms with Crippen LogP contribution < -0.4 is 5.73 Å². The van der Waals surface area contributed by atoms with Crippen molar-refractivity contribution in [2.75, 3.05) is 0 Å². The first-order valence-electron chi connectivity index (χ1n) is 4.88.